The number of rotatable bonds is 3. The van der Waals surface area contributed by atoms with Crippen molar-refractivity contribution >= 4 is 0 Å². The zero-order chi connectivity index (χ0) is 10.5. The molecular formula is C12H12N3. The van der Waals surface area contributed by atoms with Gasteiger partial charge in [-0.2, -0.15) is 0 Å². The first-order valence-corrected chi connectivity index (χ1v) is 4.98. The molecule has 0 amide bonds. The van der Waals surface area contributed by atoms with Crippen molar-refractivity contribution in [2.24, 2.45) is 0 Å². The monoisotopic (exact) mass is 198 g/mol. The number of hydrogen-bond acceptors (Lipinski definition) is 3. The molecule has 0 unspecified atom stereocenters. The zero-order valence-corrected chi connectivity index (χ0v) is 8.59. The minimum atomic E-state index is 0.764. The summed E-state index contributed by atoms with van der Waals surface area (Å²) in [7, 11) is 0. The quantitative estimate of drug-likeness (QED) is 0.760. The number of nitrogens with zero attached hydrogens (tertiary/aromatic N) is 3. The van der Waals surface area contributed by atoms with Crippen LogP contribution in [-0.2, 0) is 0 Å². The second-order valence-corrected chi connectivity index (χ2v) is 3.13. The van der Waals surface area contributed by atoms with E-state index in [4.69, 9.17) is 0 Å². The van der Waals surface area contributed by atoms with Crippen molar-refractivity contribution in [3.05, 3.63) is 48.9 Å². The maximum atomic E-state index is 4.40. The lowest BCUT2D eigenvalue weighted by Gasteiger charge is -2.01. The summed E-state index contributed by atoms with van der Waals surface area (Å²) in [5.41, 5.74) is 1.75. The second kappa shape index (κ2) is 4.64. The molecular weight excluding hydrogens is 186 g/mol. The van der Waals surface area contributed by atoms with Crippen LogP contribution in [0.4, 0.5) is 0 Å². The van der Waals surface area contributed by atoms with Crippen molar-refractivity contribution in [2.75, 3.05) is 0 Å². The molecule has 75 valence electrons. The van der Waals surface area contributed by atoms with E-state index in [-0.39, 0.29) is 0 Å². The average molecular weight is 198 g/mol. The molecule has 2 aromatic heterocycles. The van der Waals surface area contributed by atoms with Crippen LogP contribution < -0.4 is 0 Å². The van der Waals surface area contributed by atoms with Crippen LogP contribution >= 0.6 is 0 Å². The zero-order valence-electron chi connectivity index (χ0n) is 8.59. The average Bonchev–Trinajstić information content (AvgIpc) is 2.31. The van der Waals surface area contributed by atoms with E-state index in [2.05, 4.69) is 21.9 Å². The first-order valence-electron chi connectivity index (χ1n) is 4.98. The van der Waals surface area contributed by atoms with Gasteiger partial charge in [-0.15, -0.1) is 0 Å². The van der Waals surface area contributed by atoms with Crippen molar-refractivity contribution in [3.8, 4) is 11.4 Å². The predicted molar refractivity (Wildman–Crippen MR) is 59.0 cm³/mol. The molecule has 15 heavy (non-hydrogen) atoms. The highest BCUT2D eigenvalue weighted by atomic mass is 14.9. The molecule has 0 spiro atoms. The van der Waals surface area contributed by atoms with Crippen molar-refractivity contribution in [1.82, 2.24) is 15.0 Å². The molecule has 0 saturated carbocycles. The Balaban J connectivity index is 2.33. The van der Waals surface area contributed by atoms with E-state index in [0.717, 1.165) is 23.6 Å². The molecule has 2 heterocycles. The minimum Gasteiger partial charge on any atom is -0.255 e. The van der Waals surface area contributed by atoms with Gasteiger partial charge in [-0.25, -0.2) is 9.97 Å². The molecule has 2 aromatic rings. The summed E-state index contributed by atoms with van der Waals surface area (Å²) in [5.74, 6) is 0.764. The van der Waals surface area contributed by atoms with E-state index >= 15 is 0 Å². The van der Waals surface area contributed by atoms with Gasteiger partial charge < -0.3 is 0 Å². The highest BCUT2D eigenvalue weighted by Gasteiger charge is 2.01. The maximum Gasteiger partial charge on any atom is 0.132 e. The summed E-state index contributed by atoms with van der Waals surface area (Å²) in [5, 5.41) is 0. The Morgan fingerprint density at radius 2 is 2.00 bits per heavy atom. The van der Waals surface area contributed by atoms with Crippen LogP contribution in [0, 0.1) is 6.42 Å². The van der Waals surface area contributed by atoms with Crippen molar-refractivity contribution in [2.45, 2.75) is 13.3 Å². The largest absolute Gasteiger partial charge is 0.255 e. The Kier molecular flexibility index (Phi) is 3.02. The minimum absolute atomic E-state index is 0.764. The molecule has 0 fully saturated rings. The highest BCUT2D eigenvalue weighted by molar-refractivity contribution is 5.52. The lowest BCUT2D eigenvalue weighted by atomic mass is 10.2. The van der Waals surface area contributed by atoms with Gasteiger partial charge in [0.2, 0.25) is 0 Å². The molecule has 2 rings (SSSR count). The Morgan fingerprint density at radius 1 is 1.07 bits per heavy atom. The van der Waals surface area contributed by atoms with Crippen LogP contribution in [0.3, 0.4) is 0 Å². The summed E-state index contributed by atoms with van der Waals surface area (Å²) in [4.78, 5) is 12.8. The van der Waals surface area contributed by atoms with Crippen molar-refractivity contribution in [3.63, 3.8) is 0 Å². The van der Waals surface area contributed by atoms with Gasteiger partial charge in [0.15, 0.2) is 0 Å². The molecule has 0 aliphatic rings. The molecule has 0 atom stereocenters. The standard InChI is InChI=1S/C12H12N3/c1-2-5-12-14-9-7-11(15-12)10-6-3-4-8-13-10/h3-9H,2H2,1H3. The van der Waals surface area contributed by atoms with Crippen LogP contribution in [0.2, 0.25) is 0 Å². The van der Waals surface area contributed by atoms with Gasteiger partial charge in [-0.1, -0.05) is 13.0 Å². The van der Waals surface area contributed by atoms with Gasteiger partial charge in [-0.05, 0) is 24.6 Å². The third-order valence-corrected chi connectivity index (χ3v) is 1.99. The van der Waals surface area contributed by atoms with Gasteiger partial charge in [0.1, 0.15) is 5.82 Å². The van der Waals surface area contributed by atoms with E-state index in [1.807, 2.05) is 30.7 Å². The molecule has 0 saturated heterocycles. The first-order chi connectivity index (χ1) is 7.40. The van der Waals surface area contributed by atoms with E-state index in [9.17, 15) is 0 Å². The Bertz CT molecular complexity index is 426. The normalized spacial score (nSPS) is 10.2. The van der Waals surface area contributed by atoms with Crippen molar-refractivity contribution in [1.29, 1.82) is 0 Å². The van der Waals surface area contributed by atoms with Gasteiger partial charge in [0.05, 0.1) is 11.4 Å². The molecule has 0 aliphatic carbocycles. The Labute approximate surface area is 89.2 Å². The summed E-state index contributed by atoms with van der Waals surface area (Å²) < 4.78 is 0. The third kappa shape index (κ3) is 2.37. The molecule has 1 radical (unpaired) electrons. The molecule has 0 N–H and O–H groups in total. The van der Waals surface area contributed by atoms with Gasteiger partial charge >= 0.3 is 0 Å². The maximum absolute atomic E-state index is 4.40. The highest BCUT2D eigenvalue weighted by Crippen LogP contribution is 2.13. The SMILES string of the molecule is CC[CH]c1nccc(-c2ccccn2)n1. The van der Waals surface area contributed by atoms with E-state index < -0.39 is 0 Å². The molecule has 0 aromatic carbocycles. The fourth-order valence-electron chi connectivity index (χ4n) is 1.31. The van der Waals surface area contributed by atoms with Crippen LogP contribution in [-0.4, -0.2) is 15.0 Å². The van der Waals surface area contributed by atoms with Gasteiger partial charge in [-0.3, -0.25) is 4.98 Å². The summed E-state index contributed by atoms with van der Waals surface area (Å²) >= 11 is 0. The fraction of sp³-hybridized carbons (Fsp3) is 0.167. The number of pyridine rings is 1. The van der Waals surface area contributed by atoms with E-state index in [1.165, 1.54) is 0 Å². The third-order valence-electron chi connectivity index (χ3n) is 1.99. The molecule has 3 heteroatoms. The molecule has 0 aliphatic heterocycles. The number of aromatic nitrogens is 3. The van der Waals surface area contributed by atoms with Crippen LogP contribution in [0.25, 0.3) is 11.4 Å². The van der Waals surface area contributed by atoms with E-state index in [0.29, 0.717) is 0 Å². The summed E-state index contributed by atoms with van der Waals surface area (Å²) in [6.07, 6.45) is 6.46. The van der Waals surface area contributed by atoms with Crippen LogP contribution in [0.1, 0.15) is 19.2 Å². The second-order valence-electron chi connectivity index (χ2n) is 3.13. The summed E-state index contributed by atoms with van der Waals surface area (Å²) in [6, 6.07) is 7.66. The Morgan fingerprint density at radius 3 is 2.73 bits per heavy atom. The van der Waals surface area contributed by atoms with Crippen LogP contribution in [0.15, 0.2) is 36.7 Å². The lowest BCUT2D eigenvalue weighted by Crippen LogP contribution is -1.94. The summed E-state index contributed by atoms with van der Waals surface area (Å²) in [6.45, 7) is 2.07. The van der Waals surface area contributed by atoms with Crippen molar-refractivity contribution < 1.29 is 0 Å². The predicted octanol–water partition coefficient (Wildman–Crippen LogP) is 2.50. The topological polar surface area (TPSA) is 38.7 Å². The smallest absolute Gasteiger partial charge is 0.132 e. The van der Waals surface area contributed by atoms with Gasteiger partial charge in [0.25, 0.3) is 0 Å². The fourth-order valence-corrected chi connectivity index (χ4v) is 1.31. The first kappa shape index (κ1) is 9.77. The lowest BCUT2D eigenvalue weighted by molar-refractivity contribution is 0.992. The molecule has 0 bridgehead atoms. The van der Waals surface area contributed by atoms with Crippen LogP contribution in [0.5, 0.6) is 0 Å². The molecule has 3 nitrogen and oxygen atoms in total. The Hall–Kier alpha value is -1.77. The number of hydrogen-bond donors (Lipinski definition) is 0. The van der Waals surface area contributed by atoms with E-state index in [1.54, 1.807) is 12.4 Å². The van der Waals surface area contributed by atoms with Gasteiger partial charge in [0, 0.05) is 18.8 Å².